The van der Waals surface area contributed by atoms with E-state index in [0.29, 0.717) is 60.2 Å². The highest BCUT2D eigenvalue weighted by molar-refractivity contribution is 6.31. The monoisotopic (exact) mass is 1240 g/mol. The van der Waals surface area contributed by atoms with E-state index in [0.717, 1.165) is 16.7 Å². The minimum Gasteiger partial charge on any atom is -0.462 e. The van der Waals surface area contributed by atoms with Crippen LogP contribution in [-0.4, -0.2) is 84.4 Å². The Hall–Kier alpha value is -9.20. The zero-order valence-electron chi connectivity index (χ0n) is 47.4. The highest BCUT2D eigenvalue weighted by Gasteiger charge is 2.33. The molecule has 6 aromatic carbocycles. The molecule has 3 heterocycles. The number of benzene rings is 6. The van der Waals surface area contributed by atoms with Crippen molar-refractivity contribution in [2.45, 2.75) is 60.5 Å². The summed E-state index contributed by atoms with van der Waals surface area (Å²) in [5, 5.41) is 18.5. The van der Waals surface area contributed by atoms with Gasteiger partial charge in [0, 0.05) is 43.2 Å². The highest BCUT2D eigenvalue weighted by Crippen LogP contribution is 2.29. The van der Waals surface area contributed by atoms with Gasteiger partial charge < -0.3 is 19.9 Å². The number of aromatic nitrogens is 6. The normalized spacial score (nSPS) is 10.6. The van der Waals surface area contributed by atoms with Gasteiger partial charge in [-0.3, -0.25) is 14.4 Å². The number of hydrogen-bond acceptors (Lipinski definition) is 14. The second-order valence-corrected chi connectivity index (χ2v) is 20.2. The van der Waals surface area contributed by atoms with Crippen molar-refractivity contribution in [1.29, 1.82) is 0 Å². The van der Waals surface area contributed by atoms with Gasteiger partial charge in [0.05, 0.1) is 66.4 Å². The molecule has 0 radical (unpaired) electrons. The summed E-state index contributed by atoms with van der Waals surface area (Å²) in [4.78, 5) is 80.2. The number of carbonyl (C=O) groups excluding carboxylic acids is 6. The predicted octanol–water partition coefficient (Wildman–Crippen LogP) is 13.7. The van der Waals surface area contributed by atoms with E-state index in [1.54, 1.807) is 142 Å². The van der Waals surface area contributed by atoms with Gasteiger partial charge >= 0.3 is 17.9 Å². The molecule has 0 aliphatic rings. The minimum atomic E-state index is -0.712. The van der Waals surface area contributed by atoms with Gasteiger partial charge in [-0.2, -0.15) is 15.3 Å². The number of hydrogen-bond donors (Lipinski definition) is 1. The molecule has 0 saturated heterocycles. The maximum absolute atomic E-state index is 13.2. The van der Waals surface area contributed by atoms with Gasteiger partial charge in [0.25, 0.3) is 0 Å². The maximum atomic E-state index is 13.2. The molecule has 0 saturated carbocycles. The molecular weight excluding hydrogens is 1180 g/mol. The van der Waals surface area contributed by atoms with E-state index in [-0.39, 0.29) is 89.8 Å². The van der Waals surface area contributed by atoms with Gasteiger partial charge in [-0.05, 0) is 120 Å². The van der Waals surface area contributed by atoms with E-state index in [4.69, 9.17) is 71.9 Å². The van der Waals surface area contributed by atoms with Gasteiger partial charge in [-0.25, -0.2) is 28.4 Å². The van der Waals surface area contributed by atoms with Crippen molar-refractivity contribution in [2.75, 3.05) is 19.8 Å². The van der Waals surface area contributed by atoms with Crippen LogP contribution in [0, 0.1) is 20.8 Å². The molecule has 0 aliphatic carbocycles. The van der Waals surface area contributed by atoms with Crippen molar-refractivity contribution < 1.29 is 43.0 Å². The summed E-state index contributed by atoms with van der Waals surface area (Å²) in [5.41, 5.74) is 22.0. The second-order valence-electron chi connectivity index (χ2n) is 18.6. The standard InChI is InChI=1S/C21H18Cl2N2O3.C21H18ClN5O3.C21H20ClN3O3/c1-3-28-21(27)18-17(12-22)25(16-10-8-15(23)9-11-16)24-19(18)20(26)14-6-4-13(2)5-7-14;1-3-30-21(29)18-17(12-24-26-23)27(16-10-8-15(22)9-11-16)25-19(18)20(28)14-6-4-13(2)5-7-14;1-3-28-21(27)18-17(12-23)25(16-10-8-15(22)9-11-16)24-19(18)20(26)14-6-4-13(2)5-7-14/h4-11H,3,12H2,1-2H3;4-11H,3,12H2,1-2H3;4-11H,3,12,23H2,1-2H3. The van der Waals surface area contributed by atoms with E-state index in [9.17, 15) is 28.8 Å². The lowest BCUT2D eigenvalue weighted by molar-refractivity contribution is 0.0513. The van der Waals surface area contributed by atoms with Gasteiger partial charge in [-0.15, -0.1) is 11.6 Å². The Kier molecular flexibility index (Phi) is 22.5. The molecule has 19 nitrogen and oxygen atoms in total. The molecular formula is C63H56Cl4N10O9. The van der Waals surface area contributed by atoms with Gasteiger partial charge in [0.1, 0.15) is 33.8 Å². The average molecular weight is 1240 g/mol. The molecule has 0 spiro atoms. The molecule has 0 bridgehead atoms. The summed E-state index contributed by atoms with van der Waals surface area (Å²) in [5.74, 6) is -3.17. The Morgan fingerprint density at radius 2 is 0.744 bits per heavy atom. The zero-order valence-corrected chi connectivity index (χ0v) is 50.4. The molecule has 3 aromatic heterocycles. The van der Waals surface area contributed by atoms with Gasteiger partial charge in [0.2, 0.25) is 17.3 Å². The minimum absolute atomic E-state index is 0.00491. The molecule has 86 heavy (non-hydrogen) atoms. The van der Waals surface area contributed by atoms with Crippen molar-refractivity contribution in [2.24, 2.45) is 10.8 Å². The number of nitrogens with two attached hydrogens (primary N) is 1. The first kappa shape index (κ1) is 64.4. The van der Waals surface area contributed by atoms with Crippen LogP contribution in [-0.2, 0) is 33.2 Å². The largest absolute Gasteiger partial charge is 0.462 e. The smallest absolute Gasteiger partial charge is 0.342 e. The molecule has 23 heteroatoms. The quantitative estimate of drug-likeness (QED) is 0.0150. The Morgan fingerprint density at radius 1 is 0.465 bits per heavy atom. The van der Waals surface area contributed by atoms with Crippen LogP contribution in [0.5, 0.6) is 0 Å². The van der Waals surface area contributed by atoms with E-state index >= 15 is 0 Å². The van der Waals surface area contributed by atoms with Crippen molar-refractivity contribution >= 4 is 81.7 Å². The third kappa shape index (κ3) is 15.2. The fourth-order valence-corrected chi connectivity index (χ4v) is 9.18. The Balaban J connectivity index is 0.000000185. The highest BCUT2D eigenvalue weighted by atomic mass is 35.5. The first-order valence-electron chi connectivity index (χ1n) is 26.6. The topological polar surface area (TPSA) is 258 Å². The molecule has 0 amide bonds. The van der Waals surface area contributed by atoms with Crippen molar-refractivity contribution in [3.8, 4) is 17.1 Å². The van der Waals surface area contributed by atoms with Crippen LogP contribution in [0.4, 0.5) is 0 Å². The number of rotatable bonds is 19. The Morgan fingerprint density at radius 3 is 1.02 bits per heavy atom. The van der Waals surface area contributed by atoms with E-state index in [1.807, 2.05) is 45.0 Å². The number of halogens is 4. The lowest BCUT2D eigenvalue weighted by Gasteiger charge is -2.07. The predicted molar refractivity (Wildman–Crippen MR) is 328 cm³/mol. The van der Waals surface area contributed by atoms with Crippen LogP contribution in [0.2, 0.25) is 15.1 Å². The molecule has 0 aliphatic heterocycles. The molecule has 0 fully saturated rings. The summed E-state index contributed by atoms with van der Waals surface area (Å²) in [6.07, 6.45) is 0. The lowest BCUT2D eigenvalue weighted by atomic mass is 10.0. The molecule has 0 atom stereocenters. The van der Waals surface area contributed by atoms with Crippen LogP contribution < -0.4 is 5.73 Å². The SMILES string of the molecule is CCOC(=O)c1c(C(=O)c2ccc(C)cc2)nn(-c2ccc(Cl)cc2)c1CCl.CCOC(=O)c1c(C(=O)c2ccc(C)cc2)nn(-c2ccc(Cl)cc2)c1CN.CCOC(=O)c1c(C(=O)c2ccc(C)cc2)nn(-c2ccc(Cl)cc2)c1CN=[N+]=[N-]. The molecule has 9 aromatic rings. The number of ketones is 3. The fourth-order valence-electron chi connectivity index (χ4n) is 8.56. The first-order chi connectivity index (χ1) is 41.4. The van der Waals surface area contributed by atoms with Crippen molar-refractivity contribution in [1.82, 2.24) is 29.3 Å². The molecule has 2 N–H and O–H groups in total. The summed E-state index contributed by atoms with van der Waals surface area (Å²) in [7, 11) is 0. The van der Waals surface area contributed by atoms with Crippen LogP contribution >= 0.6 is 46.4 Å². The average Bonchev–Trinajstić information content (AvgIpc) is 2.06. The number of ether oxygens (including phenoxy) is 3. The Labute approximate surface area is 514 Å². The number of azide groups is 1. The van der Waals surface area contributed by atoms with Crippen LogP contribution in [0.3, 0.4) is 0 Å². The maximum Gasteiger partial charge on any atom is 0.342 e. The number of alkyl halides is 1. The van der Waals surface area contributed by atoms with Crippen LogP contribution in [0.25, 0.3) is 27.5 Å². The van der Waals surface area contributed by atoms with E-state index in [1.165, 1.54) is 14.0 Å². The van der Waals surface area contributed by atoms with Crippen LogP contribution in [0.15, 0.2) is 151 Å². The Bertz CT molecular complexity index is 3800. The summed E-state index contributed by atoms with van der Waals surface area (Å²) < 4.78 is 19.9. The van der Waals surface area contributed by atoms with Gasteiger partial charge in [0.15, 0.2) is 0 Å². The van der Waals surface area contributed by atoms with Crippen LogP contribution in [0.1, 0.15) is 134 Å². The zero-order chi connectivity index (χ0) is 62.2. The van der Waals surface area contributed by atoms with Gasteiger partial charge in [-0.1, -0.05) is 129 Å². The molecule has 9 rings (SSSR count). The lowest BCUT2D eigenvalue weighted by Crippen LogP contribution is -2.15. The number of aryl methyl sites for hydroxylation is 3. The summed E-state index contributed by atoms with van der Waals surface area (Å²) >= 11 is 24.0. The summed E-state index contributed by atoms with van der Waals surface area (Å²) in [6.45, 7) is 11.1. The van der Waals surface area contributed by atoms with E-state index < -0.39 is 23.7 Å². The third-order valence-corrected chi connectivity index (χ3v) is 13.8. The molecule has 440 valence electrons. The second kappa shape index (κ2) is 30.0. The number of carbonyl (C=O) groups is 6. The van der Waals surface area contributed by atoms with Crippen molar-refractivity contribution in [3.05, 3.63) is 255 Å². The van der Waals surface area contributed by atoms with E-state index in [2.05, 4.69) is 25.3 Å². The number of esters is 3. The first-order valence-corrected chi connectivity index (χ1v) is 28.3. The third-order valence-electron chi connectivity index (χ3n) is 12.8. The molecule has 0 unspecified atom stereocenters. The van der Waals surface area contributed by atoms with Crippen molar-refractivity contribution in [3.63, 3.8) is 0 Å². The summed E-state index contributed by atoms with van der Waals surface area (Å²) in [6, 6.07) is 41.5. The fraction of sp³-hybridized carbons (Fsp3) is 0.190. The number of nitrogens with zero attached hydrogens (tertiary/aromatic N) is 9.